The first-order valence-corrected chi connectivity index (χ1v) is 7.67. The number of piperazine rings is 1. The number of aliphatic hydroxyl groups is 1. The Balaban J connectivity index is 1.52. The van der Waals surface area contributed by atoms with Gasteiger partial charge in [0.15, 0.2) is 5.13 Å². The summed E-state index contributed by atoms with van der Waals surface area (Å²) in [4.78, 5) is 9.34. The fraction of sp³-hybridized carbons (Fsp3) is 0.769. The number of ether oxygens (including phenoxy) is 1. The van der Waals surface area contributed by atoms with Gasteiger partial charge in [-0.15, -0.1) is 11.3 Å². The van der Waals surface area contributed by atoms with Crippen molar-refractivity contribution in [2.24, 2.45) is 5.41 Å². The predicted molar refractivity (Wildman–Crippen MR) is 75.8 cm³/mol. The molecule has 2 aliphatic heterocycles. The molecule has 0 radical (unpaired) electrons. The van der Waals surface area contributed by atoms with Gasteiger partial charge in [-0.1, -0.05) is 0 Å². The number of anilines is 1. The molecule has 1 N–H and O–H groups in total. The summed E-state index contributed by atoms with van der Waals surface area (Å²) >= 11 is 1.73. The van der Waals surface area contributed by atoms with Crippen molar-refractivity contribution in [1.29, 1.82) is 0 Å². The van der Waals surface area contributed by atoms with Gasteiger partial charge in [0, 0.05) is 38.1 Å². The number of nitrogens with zero attached hydrogens (tertiary/aromatic N) is 3. The first-order valence-electron chi connectivity index (χ1n) is 6.79. The quantitative estimate of drug-likeness (QED) is 0.876. The van der Waals surface area contributed by atoms with Crippen LogP contribution in [0.1, 0.15) is 5.69 Å². The molecule has 2 saturated heterocycles. The minimum Gasteiger partial charge on any atom is -0.396 e. The zero-order chi connectivity index (χ0) is 13.3. The topological polar surface area (TPSA) is 48.8 Å². The van der Waals surface area contributed by atoms with Gasteiger partial charge in [-0.25, -0.2) is 4.98 Å². The van der Waals surface area contributed by atoms with Crippen molar-refractivity contribution in [3.63, 3.8) is 0 Å². The van der Waals surface area contributed by atoms with Gasteiger partial charge in [-0.2, -0.15) is 0 Å². The summed E-state index contributed by atoms with van der Waals surface area (Å²) in [6.07, 6.45) is 0. The molecule has 106 valence electrons. The number of aromatic nitrogens is 1. The van der Waals surface area contributed by atoms with Crippen LogP contribution in [0.2, 0.25) is 0 Å². The molecule has 0 atom stereocenters. The average molecular weight is 283 g/mol. The van der Waals surface area contributed by atoms with Gasteiger partial charge < -0.3 is 14.7 Å². The van der Waals surface area contributed by atoms with E-state index in [1.807, 2.05) is 6.92 Å². The van der Waals surface area contributed by atoms with Crippen LogP contribution in [-0.2, 0) is 4.74 Å². The summed E-state index contributed by atoms with van der Waals surface area (Å²) < 4.78 is 5.26. The molecule has 0 unspecified atom stereocenters. The summed E-state index contributed by atoms with van der Waals surface area (Å²) in [5.41, 5.74) is 1.10. The third-order valence-electron chi connectivity index (χ3n) is 3.96. The summed E-state index contributed by atoms with van der Waals surface area (Å²) in [5, 5.41) is 12.7. The average Bonchev–Trinajstić information content (AvgIpc) is 2.81. The molecule has 1 aromatic rings. The van der Waals surface area contributed by atoms with E-state index in [-0.39, 0.29) is 12.0 Å². The molecule has 0 saturated carbocycles. The summed E-state index contributed by atoms with van der Waals surface area (Å²) in [6, 6.07) is 0. The van der Waals surface area contributed by atoms with Gasteiger partial charge in [-0.05, 0) is 6.92 Å². The predicted octanol–water partition coefficient (Wildman–Crippen LogP) is 0.582. The lowest BCUT2D eigenvalue weighted by Crippen LogP contribution is -2.57. The zero-order valence-electron chi connectivity index (χ0n) is 11.3. The molecule has 1 aromatic heterocycles. The van der Waals surface area contributed by atoms with E-state index in [0.717, 1.165) is 43.5 Å². The van der Waals surface area contributed by atoms with Crippen LogP contribution in [0.5, 0.6) is 0 Å². The van der Waals surface area contributed by atoms with Crippen LogP contribution in [0.3, 0.4) is 0 Å². The minimum absolute atomic E-state index is 0.0000595. The Morgan fingerprint density at radius 3 is 2.58 bits per heavy atom. The molecule has 0 spiro atoms. The van der Waals surface area contributed by atoms with Gasteiger partial charge >= 0.3 is 0 Å². The molecule has 0 aliphatic carbocycles. The second kappa shape index (κ2) is 5.36. The third-order valence-corrected chi connectivity index (χ3v) is 4.98. The zero-order valence-corrected chi connectivity index (χ0v) is 12.2. The Hall–Kier alpha value is -0.690. The van der Waals surface area contributed by atoms with Crippen molar-refractivity contribution in [3.8, 4) is 0 Å². The molecule has 0 aromatic carbocycles. The minimum atomic E-state index is -0.0000595. The van der Waals surface area contributed by atoms with Crippen LogP contribution >= 0.6 is 11.3 Å². The smallest absolute Gasteiger partial charge is 0.185 e. The van der Waals surface area contributed by atoms with Gasteiger partial charge in [-0.3, -0.25) is 4.90 Å². The maximum Gasteiger partial charge on any atom is 0.185 e. The standard InChI is InChI=1S/C13H21N3O2S/c1-11-6-19-12(14-11)16-4-2-15(3-5-16)7-13(8-17)9-18-10-13/h6,17H,2-5,7-10H2,1H3. The molecular formula is C13H21N3O2S. The second-order valence-corrected chi connectivity index (χ2v) is 6.52. The van der Waals surface area contributed by atoms with Crippen molar-refractivity contribution in [3.05, 3.63) is 11.1 Å². The lowest BCUT2D eigenvalue weighted by atomic mass is 9.86. The van der Waals surface area contributed by atoms with Crippen LogP contribution in [0.15, 0.2) is 5.38 Å². The van der Waals surface area contributed by atoms with Crippen molar-refractivity contribution >= 4 is 16.5 Å². The number of rotatable bonds is 4. The molecule has 0 bridgehead atoms. The first-order chi connectivity index (χ1) is 9.21. The number of hydrogen-bond acceptors (Lipinski definition) is 6. The highest BCUT2D eigenvalue weighted by Gasteiger charge is 2.40. The van der Waals surface area contributed by atoms with Crippen molar-refractivity contribution in [1.82, 2.24) is 9.88 Å². The number of aryl methyl sites for hydroxylation is 1. The van der Waals surface area contributed by atoms with E-state index in [1.165, 1.54) is 0 Å². The van der Waals surface area contributed by atoms with E-state index in [0.29, 0.717) is 13.2 Å². The molecule has 5 nitrogen and oxygen atoms in total. The summed E-state index contributed by atoms with van der Waals surface area (Å²) in [6.45, 7) is 8.77. The Labute approximate surface area is 117 Å². The van der Waals surface area contributed by atoms with Crippen molar-refractivity contribution in [2.75, 3.05) is 57.4 Å². The van der Waals surface area contributed by atoms with Crippen LogP contribution in [0, 0.1) is 12.3 Å². The fourth-order valence-electron chi connectivity index (χ4n) is 2.68. The Morgan fingerprint density at radius 1 is 1.37 bits per heavy atom. The Bertz CT molecular complexity index is 420. The highest BCUT2D eigenvalue weighted by atomic mass is 32.1. The van der Waals surface area contributed by atoms with E-state index in [2.05, 4.69) is 20.2 Å². The summed E-state index contributed by atoms with van der Waals surface area (Å²) in [5.74, 6) is 0. The molecule has 3 heterocycles. The largest absolute Gasteiger partial charge is 0.396 e. The van der Waals surface area contributed by atoms with E-state index < -0.39 is 0 Å². The second-order valence-electron chi connectivity index (χ2n) is 5.69. The number of hydrogen-bond donors (Lipinski definition) is 1. The molecule has 2 aliphatic rings. The Morgan fingerprint density at radius 2 is 2.11 bits per heavy atom. The van der Waals surface area contributed by atoms with E-state index in [4.69, 9.17) is 4.74 Å². The monoisotopic (exact) mass is 283 g/mol. The van der Waals surface area contributed by atoms with Crippen LogP contribution in [0.4, 0.5) is 5.13 Å². The normalized spacial score (nSPS) is 23.4. The Kier molecular flexibility index (Phi) is 3.75. The van der Waals surface area contributed by atoms with Gasteiger partial charge in [0.2, 0.25) is 0 Å². The van der Waals surface area contributed by atoms with E-state index >= 15 is 0 Å². The molecule has 6 heteroatoms. The summed E-state index contributed by atoms with van der Waals surface area (Å²) in [7, 11) is 0. The maximum atomic E-state index is 9.47. The van der Waals surface area contributed by atoms with Gasteiger partial charge in [0.05, 0.1) is 30.9 Å². The fourth-order valence-corrected chi connectivity index (χ4v) is 3.54. The molecule has 0 amide bonds. The lowest BCUT2D eigenvalue weighted by molar-refractivity contribution is -0.148. The van der Waals surface area contributed by atoms with Crippen LogP contribution < -0.4 is 4.90 Å². The highest BCUT2D eigenvalue weighted by Crippen LogP contribution is 2.29. The van der Waals surface area contributed by atoms with E-state index in [1.54, 1.807) is 11.3 Å². The van der Waals surface area contributed by atoms with Crippen molar-refractivity contribution < 1.29 is 9.84 Å². The third kappa shape index (κ3) is 2.76. The van der Waals surface area contributed by atoms with Gasteiger partial charge in [0.1, 0.15) is 0 Å². The van der Waals surface area contributed by atoms with Crippen LogP contribution in [-0.4, -0.2) is 67.5 Å². The number of aliphatic hydroxyl groups excluding tert-OH is 1. The molecule has 3 rings (SSSR count). The van der Waals surface area contributed by atoms with Gasteiger partial charge in [0.25, 0.3) is 0 Å². The SMILES string of the molecule is Cc1csc(N2CCN(CC3(CO)COC3)CC2)n1. The van der Waals surface area contributed by atoms with E-state index in [9.17, 15) is 5.11 Å². The molecule has 19 heavy (non-hydrogen) atoms. The first kappa shape index (κ1) is 13.3. The maximum absolute atomic E-state index is 9.47. The highest BCUT2D eigenvalue weighted by molar-refractivity contribution is 7.13. The molecular weight excluding hydrogens is 262 g/mol. The van der Waals surface area contributed by atoms with Crippen LogP contribution in [0.25, 0.3) is 0 Å². The number of thiazole rings is 1. The molecule has 2 fully saturated rings. The lowest BCUT2D eigenvalue weighted by Gasteiger charge is -2.45. The van der Waals surface area contributed by atoms with Crippen molar-refractivity contribution in [2.45, 2.75) is 6.92 Å².